The van der Waals surface area contributed by atoms with Gasteiger partial charge >= 0.3 is 6.03 Å². The summed E-state index contributed by atoms with van der Waals surface area (Å²) < 4.78 is 0. The minimum Gasteiger partial charge on any atom is -0.508 e. The topological polar surface area (TPSA) is 90.5 Å². The van der Waals surface area contributed by atoms with Crippen molar-refractivity contribution in [2.45, 2.75) is 13.0 Å². The number of allylic oxidation sites excluding steroid dienone is 1. The Bertz CT molecular complexity index is 862. The highest BCUT2D eigenvalue weighted by Crippen LogP contribution is 2.29. The van der Waals surface area contributed by atoms with Crippen LogP contribution in [-0.2, 0) is 4.79 Å². The maximum atomic E-state index is 12.8. The molecule has 3 amide bonds. The lowest BCUT2D eigenvalue weighted by molar-refractivity contribution is -0.113. The maximum absolute atomic E-state index is 12.8. The molecule has 0 saturated heterocycles. The molecule has 7 heteroatoms. The smallest absolute Gasteiger partial charge is 0.319 e. The van der Waals surface area contributed by atoms with Gasteiger partial charge in [-0.2, -0.15) is 0 Å². The molecule has 128 valence electrons. The summed E-state index contributed by atoms with van der Waals surface area (Å²) in [5.74, 6) is -0.250. The van der Waals surface area contributed by atoms with Crippen molar-refractivity contribution >= 4 is 29.2 Å². The number of hydrogen-bond acceptors (Lipinski definition) is 3. The van der Waals surface area contributed by atoms with E-state index in [1.807, 2.05) is 0 Å². The van der Waals surface area contributed by atoms with Crippen LogP contribution in [-0.4, -0.2) is 17.0 Å². The third-order valence-electron chi connectivity index (χ3n) is 3.82. The Morgan fingerprint density at radius 1 is 1.20 bits per heavy atom. The van der Waals surface area contributed by atoms with Gasteiger partial charge in [-0.15, -0.1) is 0 Å². The molecule has 0 aromatic heterocycles. The molecule has 1 aliphatic rings. The Hall–Kier alpha value is -2.99. The zero-order valence-corrected chi connectivity index (χ0v) is 14.1. The molecule has 1 heterocycles. The predicted molar refractivity (Wildman–Crippen MR) is 95.3 cm³/mol. The molecule has 3 rings (SSSR count). The highest BCUT2D eigenvalue weighted by atomic mass is 35.5. The van der Waals surface area contributed by atoms with E-state index in [0.717, 1.165) is 0 Å². The van der Waals surface area contributed by atoms with Crippen LogP contribution in [0.2, 0.25) is 5.02 Å². The lowest BCUT2D eigenvalue weighted by Gasteiger charge is -2.28. The van der Waals surface area contributed by atoms with Gasteiger partial charge in [0, 0.05) is 16.4 Å². The van der Waals surface area contributed by atoms with Crippen molar-refractivity contribution in [1.82, 2.24) is 10.6 Å². The number of carbonyl (C=O) groups is 2. The minimum absolute atomic E-state index is 0.106. The van der Waals surface area contributed by atoms with Crippen LogP contribution in [0.25, 0.3) is 0 Å². The minimum atomic E-state index is -0.631. The summed E-state index contributed by atoms with van der Waals surface area (Å²) in [7, 11) is 0. The molecular weight excluding hydrogens is 342 g/mol. The highest BCUT2D eigenvalue weighted by Gasteiger charge is 2.31. The number of hydrogen-bond donors (Lipinski definition) is 4. The summed E-state index contributed by atoms with van der Waals surface area (Å²) in [5, 5.41) is 18.1. The summed E-state index contributed by atoms with van der Waals surface area (Å²) in [4.78, 5) is 24.6. The number of halogens is 1. The van der Waals surface area contributed by atoms with Crippen LogP contribution in [0.3, 0.4) is 0 Å². The molecule has 25 heavy (non-hydrogen) atoms. The summed E-state index contributed by atoms with van der Waals surface area (Å²) >= 11 is 5.94. The van der Waals surface area contributed by atoms with E-state index in [9.17, 15) is 14.7 Å². The average molecular weight is 358 g/mol. The molecule has 2 aromatic carbocycles. The van der Waals surface area contributed by atoms with Crippen LogP contribution in [0.4, 0.5) is 10.5 Å². The fraction of sp³-hybridized carbons (Fsp3) is 0.111. The van der Waals surface area contributed by atoms with Crippen molar-refractivity contribution in [2.24, 2.45) is 0 Å². The van der Waals surface area contributed by atoms with E-state index < -0.39 is 12.1 Å². The van der Waals surface area contributed by atoms with E-state index >= 15 is 0 Å². The van der Waals surface area contributed by atoms with Crippen LogP contribution >= 0.6 is 11.6 Å². The predicted octanol–water partition coefficient (Wildman–Crippen LogP) is 3.31. The number of nitrogens with one attached hydrogen (secondary N) is 3. The molecule has 0 fully saturated rings. The fourth-order valence-corrected chi connectivity index (χ4v) is 2.87. The largest absolute Gasteiger partial charge is 0.508 e. The lowest BCUT2D eigenvalue weighted by Crippen LogP contribution is -2.45. The Morgan fingerprint density at radius 2 is 1.92 bits per heavy atom. The second-order valence-electron chi connectivity index (χ2n) is 5.63. The molecule has 6 nitrogen and oxygen atoms in total. The first-order valence-corrected chi connectivity index (χ1v) is 7.96. The molecule has 4 N–H and O–H groups in total. The first-order chi connectivity index (χ1) is 11.9. The van der Waals surface area contributed by atoms with Gasteiger partial charge in [0.1, 0.15) is 5.75 Å². The number of phenols is 1. The Morgan fingerprint density at radius 3 is 2.60 bits per heavy atom. The van der Waals surface area contributed by atoms with Crippen LogP contribution in [0.5, 0.6) is 5.75 Å². The van der Waals surface area contributed by atoms with Gasteiger partial charge in [-0.1, -0.05) is 29.8 Å². The van der Waals surface area contributed by atoms with Gasteiger partial charge in [-0.05, 0) is 42.8 Å². The summed E-state index contributed by atoms with van der Waals surface area (Å²) in [6, 6.07) is 12.1. The quantitative estimate of drug-likeness (QED) is 0.679. The van der Waals surface area contributed by atoms with Crippen LogP contribution < -0.4 is 16.0 Å². The second-order valence-corrected chi connectivity index (χ2v) is 6.06. The van der Waals surface area contributed by atoms with Crippen LogP contribution in [0, 0.1) is 0 Å². The van der Waals surface area contributed by atoms with Crippen molar-refractivity contribution in [3.8, 4) is 5.75 Å². The fourth-order valence-electron chi connectivity index (χ4n) is 2.68. The van der Waals surface area contributed by atoms with Gasteiger partial charge in [0.2, 0.25) is 0 Å². The van der Waals surface area contributed by atoms with E-state index in [-0.39, 0.29) is 11.7 Å². The highest BCUT2D eigenvalue weighted by molar-refractivity contribution is 6.31. The third-order valence-corrected chi connectivity index (χ3v) is 4.06. The van der Waals surface area contributed by atoms with Crippen LogP contribution in [0.15, 0.2) is 59.8 Å². The van der Waals surface area contributed by atoms with Gasteiger partial charge in [-0.25, -0.2) is 4.79 Å². The molecule has 1 aliphatic heterocycles. The molecule has 0 bridgehead atoms. The Balaban J connectivity index is 1.94. The zero-order valence-electron chi connectivity index (χ0n) is 13.3. The first-order valence-electron chi connectivity index (χ1n) is 7.58. The average Bonchev–Trinajstić information content (AvgIpc) is 2.54. The van der Waals surface area contributed by atoms with Crippen molar-refractivity contribution in [1.29, 1.82) is 0 Å². The van der Waals surface area contributed by atoms with Crippen molar-refractivity contribution in [3.05, 3.63) is 70.4 Å². The summed E-state index contributed by atoms with van der Waals surface area (Å²) in [5.41, 5.74) is 2.08. The van der Waals surface area contributed by atoms with Gasteiger partial charge < -0.3 is 21.1 Å². The maximum Gasteiger partial charge on any atom is 0.319 e. The number of urea groups is 1. The molecule has 0 spiro atoms. The van der Waals surface area contributed by atoms with E-state index in [2.05, 4.69) is 16.0 Å². The molecular formula is C18H16ClN3O3. The lowest BCUT2D eigenvalue weighted by atomic mass is 9.94. The standard InChI is InChI=1S/C18H16ClN3O3/c1-10-15(17(24)21-13-4-2-3-12(19)9-13)16(22-18(25)20-10)11-5-7-14(23)8-6-11/h2-9,16,23H,1H3,(H,21,24)(H2,20,22,25)/t16-/m1/s1. The third kappa shape index (κ3) is 3.75. The number of amides is 3. The molecule has 1 atom stereocenters. The molecule has 2 aromatic rings. The Labute approximate surface area is 149 Å². The monoisotopic (exact) mass is 357 g/mol. The van der Waals surface area contributed by atoms with Gasteiger partial charge in [0.15, 0.2) is 0 Å². The first kappa shape index (κ1) is 16.9. The number of rotatable bonds is 3. The number of aromatic hydroxyl groups is 1. The van der Waals surface area contributed by atoms with E-state index in [0.29, 0.717) is 27.5 Å². The number of benzene rings is 2. The SMILES string of the molecule is CC1=C(C(=O)Nc2cccc(Cl)c2)[C@@H](c2ccc(O)cc2)NC(=O)N1. The number of carbonyl (C=O) groups excluding carboxylic acids is 2. The zero-order chi connectivity index (χ0) is 18.0. The molecule has 0 aliphatic carbocycles. The van der Waals surface area contributed by atoms with E-state index in [1.165, 1.54) is 12.1 Å². The molecule has 0 unspecified atom stereocenters. The van der Waals surface area contributed by atoms with Gasteiger partial charge in [0.25, 0.3) is 5.91 Å². The van der Waals surface area contributed by atoms with E-state index in [1.54, 1.807) is 43.3 Å². The normalized spacial score (nSPS) is 16.9. The van der Waals surface area contributed by atoms with Crippen LogP contribution in [0.1, 0.15) is 18.5 Å². The molecule has 0 saturated carbocycles. The van der Waals surface area contributed by atoms with Gasteiger partial charge in [0.05, 0.1) is 11.6 Å². The van der Waals surface area contributed by atoms with Gasteiger partial charge in [-0.3, -0.25) is 4.79 Å². The van der Waals surface area contributed by atoms with E-state index in [4.69, 9.17) is 11.6 Å². The van der Waals surface area contributed by atoms with Crippen molar-refractivity contribution in [3.63, 3.8) is 0 Å². The number of phenolic OH excluding ortho intramolecular Hbond substituents is 1. The van der Waals surface area contributed by atoms with Crippen molar-refractivity contribution in [2.75, 3.05) is 5.32 Å². The molecule has 0 radical (unpaired) electrons. The summed E-state index contributed by atoms with van der Waals surface area (Å²) in [6.07, 6.45) is 0. The Kier molecular flexibility index (Phi) is 4.63. The van der Waals surface area contributed by atoms with Crippen molar-refractivity contribution < 1.29 is 14.7 Å². The number of anilines is 1. The second kappa shape index (κ2) is 6.86. The summed E-state index contributed by atoms with van der Waals surface area (Å²) in [6.45, 7) is 1.67.